The molecule has 33 heavy (non-hydrogen) atoms. The van der Waals surface area contributed by atoms with Crippen molar-refractivity contribution in [3.63, 3.8) is 0 Å². The van der Waals surface area contributed by atoms with Crippen LogP contribution in [0.4, 0.5) is 19.0 Å². The van der Waals surface area contributed by atoms with E-state index in [1.165, 1.54) is 15.2 Å². The van der Waals surface area contributed by atoms with Gasteiger partial charge in [-0.3, -0.25) is 9.13 Å². The van der Waals surface area contributed by atoms with Crippen LogP contribution in [-0.4, -0.2) is 19.3 Å². The van der Waals surface area contributed by atoms with Gasteiger partial charge in [-0.15, -0.1) is 5.10 Å². The fourth-order valence-electron chi connectivity index (χ4n) is 3.95. The summed E-state index contributed by atoms with van der Waals surface area (Å²) in [6, 6.07) is 9.59. The normalized spacial score (nSPS) is 13.8. The lowest BCUT2D eigenvalue weighted by molar-refractivity contribution is -0.137. The number of anilines is 1. The molecule has 0 amide bonds. The van der Waals surface area contributed by atoms with Crippen LogP contribution >= 0.6 is 0 Å². The lowest BCUT2D eigenvalue weighted by Crippen LogP contribution is -2.24. The number of aromatic nitrogens is 4. The molecule has 1 N–H and O–H groups in total. The Kier molecular flexibility index (Phi) is 5.36. The number of nitriles is 1. The summed E-state index contributed by atoms with van der Waals surface area (Å²) in [5.74, 6) is 0.370. The van der Waals surface area contributed by atoms with Gasteiger partial charge in [-0.2, -0.15) is 23.5 Å². The number of alkyl halides is 3. The maximum absolute atomic E-state index is 13.1. The Bertz CT molecular complexity index is 1480. The van der Waals surface area contributed by atoms with E-state index in [2.05, 4.69) is 21.6 Å². The Hall–Kier alpha value is -3.87. The average molecular weight is 454 g/mol. The lowest BCUT2D eigenvalue weighted by atomic mass is 10.0. The largest absolute Gasteiger partial charge is 0.416 e. The molecule has 1 unspecified atom stereocenters. The fourth-order valence-corrected chi connectivity index (χ4v) is 3.95. The van der Waals surface area contributed by atoms with Crippen molar-refractivity contribution < 1.29 is 13.2 Å². The number of nitrogens with zero attached hydrogens (tertiary/aromatic N) is 5. The van der Waals surface area contributed by atoms with E-state index in [1.807, 2.05) is 6.07 Å². The van der Waals surface area contributed by atoms with Crippen molar-refractivity contribution in [1.29, 1.82) is 5.26 Å². The summed E-state index contributed by atoms with van der Waals surface area (Å²) in [5, 5.41) is 22.4. The highest BCUT2D eigenvalue weighted by Crippen LogP contribution is 2.33. The van der Waals surface area contributed by atoms with Crippen LogP contribution in [0.2, 0.25) is 0 Å². The van der Waals surface area contributed by atoms with E-state index in [0.717, 1.165) is 17.5 Å². The fraction of sp³-hybridized carbons (Fsp3) is 0.304. The number of hydrogen-bond donors (Lipinski definition) is 1. The third kappa shape index (κ3) is 3.80. The molecule has 2 atom stereocenters. The van der Waals surface area contributed by atoms with Crippen LogP contribution in [0.25, 0.3) is 21.8 Å². The number of rotatable bonds is 4. The molecule has 0 saturated heterocycles. The van der Waals surface area contributed by atoms with E-state index in [9.17, 15) is 23.2 Å². The number of benzene rings is 2. The lowest BCUT2D eigenvalue weighted by Gasteiger charge is -2.18. The number of imidazole rings is 1. The Balaban J connectivity index is 1.86. The van der Waals surface area contributed by atoms with Crippen LogP contribution in [-0.2, 0) is 13.2 Å². The van der Waals surface area contributed by atoms with Gasteiger partial charge in [0, 0.05) is 17.8 Å². The van der Waals surface area contributed by atoms with Crippen LogP contribution in [0.5, 0.6) is 0 Å². The molecule has 2 aromatic heterocycles. The number of aryl methyl sites for hydroxylation is 2. The zero-order chi connectivity index (χ0) is 24.1. The number of halogens is 3. The molecule has 0 fully saturated rings. The molecule has 7 nitrogen and oxygen atoms in total. The van der Waals surface area contributed by atoms with Crippen molar-refractivity contribution in [2.24, 2.45) is 7.05 Å². The standard InChI is InChI=1S/C23H21F3N6O/c1-12(11-27)32-20-10-18-17(9-19(20)31(4)22(32)33)14(3)29-30-21(18)28-13(2)15-6-5-7-16(8-15)23(24,25)26/h5-10,12-13H,1-4H3,(H,28,30)/t12?,13-/m1/s1. The molecule has 0 saturated carbocycles. The highest BCUT2D eigenvalue weighted by Gasteiger charge is 2.30. The summed E-state index contributed by atoms with van der Waals surface area (Å²) in [4.78, 5) is 12.7. The summed E-state index contributed by atoms with van der Waals surface area (Å²) in [5.41, 5.74) is 1.23. The zero-order valence-corrected chi connectivity index (χ0v) is 18.4. The second-order valence-corrected chi connectivity index (χ2v) is 8.03. The summed E-state index contributed by atoms with van der Waals surface area (Å²) in [6.45, 7) is 5.15. The molecule has 10 heteroatoms. The van der Waals surface area contributed by atoms with Gasteiger partial charge in [-0.05, 0) is 50.6 Å². The molecule has 0 aliphatic heterocycles. The van der Waals surface area contributed by atoms with Crippen LogP contribution in [0.1, 0.15) is 42.8 Å². The van der Waals surface area contributed by atoms with Crippen molar-refractivity contribution in [3.8, 4) is 6.07 Å². The second-order valence-electron chi connectivity index (χ2n) is 8.03. The van der Waals surface area contributed by atoms with Crippen LogP contribution in [0, 0.1) is 18.3 Å². The Morgan fingerprint density at radius 1 is 1.09 bits per heavy atom. The maximum Gasteiger partial charge on any atom is 0.416 e. The van der Waals surface area contributed by atoms with E-state index < -0.39 is 23.8 Å². The van der Waals surface area contributed by atoms with Crippen molar-refractivity contribution in [2.75, 3.05) is 5.32 Å². The highest BCUT2D eigenvalue weighted by molar-refractivity contribution is 6.01. The van der Waals surface area contributed by atoms with Crippen molar-refractivity contribution >= 4 is 27.6 Å². The van der Waals surface area contributed by atoms with E-state index in [0.29, 0.717) is 33.5 Å². The summed E-state index contributed by atoms with van der Waals surface area (Å²) in [7, 11) is 1.63. The summed E-state index contributed by atoms with van der Waals surface area (Å²) in [6.07, 6.45) is -4.44. The molecule has 0 aliphatic rings. The smallest absolute Gasteiger partial charge is 0.362 e. The Labute approximate surface area is 187 Å². The first-order chi connectivity index (χ1) is 15.5. The van der Waals surface area contributed by atoms with Crippen LogP contribution < -0.4 is 11.0 Å². The topological polar surface area (TPSA) is 88.5 Å². The SMILES string of the molecule is Cc1nnc(N[C@H](C)c2cccc(C(F)(F)F)c2)c2cc3c(cc12)n(C)c(=O)n3C(C)C#N. The molecule has 4 rings (SSSR count). The van der Waals surface area contributed by atoms with Crippen molar-refractivity contribution in [2.45, 2.75) is 39.0 Å². The van der Waals surface area contributed by atoms with Gasteiger partial charge >= 0.3 is 11.9 Å². The molecular formula is C23H21F3N6O. The van der Waals surface area contributed by atoms with Crippen LogP contribution in [0.3, 0.4) is 0 Å². The van der Waals surface area contributed by atoms with Gasteiger partial charge in [0.25, 0.3) is 0 Å². The minimum Gasteiger partial charge on any atom is -0.362 e. The highest BCUT2D eigenvalue weighted by atomic mass is 19.4. The Morgan fingerprint density at radius 3 is 2.45 bits per heavy atom. The van der Waals surface area contributed by atoms with E-state index >= 15 is 0 Å². The first-order valence-electron chi connectivity index (χ1n) is 10.2. The minimum atomic E-state index is -4.44. The molecule has 170 valence electrons. The van der Waals surface area contributed by atoms with E-state index in [-0.39, 0.29) is 5.69 Å². The molecule has 2 heterocycles. The van der Waals surface area contributed by atoms with Gasteiger partial charge in [0.2, 0.25) is 0 Å². The molecule has 0 aliphatic carbocycles. The summed E-state index contributed by atoms with van der Waals surface area (Å²) < 4.78 is 42.3. The third-order valence-corrected chi connectivity index (χ3v) is 5.81. The first-order valence-corrected chi connectivity index (χ1v) is 10.2. The molecule has 4 aromatic rings. The maximum atomic E-state index is 13.1. The monoisotopic (exact) mass is 454 g/mol. The average Bonchev–Trinajstić information content (AvgIpc) is 3.03. The predicted molar refractivity (Wildman–Crippen MR) is 119 cm³/mol. The number of nitrogens with one attached hydrogen (secondary N) is 1. The molecule has 0 radical (unpaired) electrons. The van der Waals surface area contributed by atoms with Gasteiger partial charge in [0.1, 0.15) is 6.04 Å². The van der Waals surface area contributed by atoms with Gasteiger partial charge in [-0.1, -0.05) is 12.1 Å². The quantitative estimate of drug-likeness (QED) is 0.475. The van der Waals surface area contributed by atoms with Gasteiger partial charge in [0.05, 0.1) is 34.4 Å². The minimum absolute atomic E-state index is 0.320. The molecular weight excluding hydrogens is 433 g/mol. The van der Waals surface area contributed by atoms with Crippen molar-refractivity contribution in [1.82, 2.24) is 19.3 Å². The number of hydrogen-bond acceptors (Lipinski definition) is 5. The predicted octanol–water partition coefficient (Wildman–Crippen LogP) is 4.87. The van der Waals surface area contributed by atoms with Gasteiger partial charge in [-0.25, -0.2) is 4.79 Å². The summed E-state index contributed by atoms with van der Waals surface area (Å²) >= 11 is 0. The molecule has 0 bridgehead atoms. The van der Waals surface area contributed by atoms with Gasteiger partial charge in [0.15, 0.2) is 5.82 Å². The molecule has 0 spiro atoms. The van der Waals surface area contributed by atoms with Crippen molar-refractivity contribution in [3.05, 3.63) is 63.7 Å². The molecule has 2 aromatic carbocycles. The van der Waals surface area contributed by atoms with Crippen LogP contribution in [0.15, 0.2) is 41.2 Å². The first kappa shape index (κ1) is 22.3. The number of fused-ring (bicyclic) bond motifs is 2. The Morgan fingerprint density at radius 2 is 1.79 bits per heavy atom. The van der Waals surface area contributed by atoms with E-state index in [1.54, 1.807) is 40.0 Å². The zero-order valence-electron chi connectivity index (χ0n) is 18.4. The third-order valence-electron chi connectivity index (χ3n) is 5.81. The second kappa shape index (κ2) is 7.92. The van der Waals surface area contributed by atoms with Gasteiger partial charge < -0.3 is 5.32 Å². The van der Waals surface area contributed by atoms with E-state index in [4.69, 9.17) is 0 Å².